The second-order valence-electron chi connectivity index (χ2n) is 2.89. The summed E-state index contributed by atoms with van der Waals surface area (Å²) < 4.78 is 6.07. The molecule has 0 bridgehead atoms. The van der Waals surface area contributed by atoms with Crippen molar-refractivity contribution in [1.29, 1.82) is 0 Å². The minimum Gasteiger partial charge on any atom is -0.374 e. The van der Waals surface area contributed by atoms with E-state index in [0.29, 0.717) is 24.2 Å². The SMILES string of the molecule is CCOCc1nc(Cl)cc(Sc2nncs2)n1. The molecule has 0 saturated carbocycles. The highest BCUT2D eigenvalue weighted by atomic mass is 35.5. The predicted octanol–water partition coefficient (Wildman–Crippen LogP) is 2.67. The van der Waals surface area contributed by atoms with Crippen LogP contribution in [0.1, 0.15) is 12.7 Å². The summed E-state index contributed by atoms with van der Waals surface area (Å²) in [7, 11) is 0. The topological polar surface area (TPSA) is 60.8 Å². The van der Waals surface area contributed by atoms with Crippen molar-refractivity contribution in [2.24, 2.45) is 0 Å². The van der Waals surface area contributed by atoms with E-state index in [4.69, 9.17) is 16.3 Å². The van der Waals surface area contributed by atoms with Gasteiger partial charge in [0.2, 0.25) is 0 Å². The Morgan fingerprint density at radius 3 is 3.06 bits per heavy atom. The van der Waals surface area contributed by atoms with Crippen LogP contribution in [0.25, 0.3) is 0 Å². The molecule has 2 heterocycles. The van der Waals surface area contributed by atoms with Crippen LogP contribution in [0.4, 0.5) is 0 Å². The van der Waals surface area contributed by atoms with Gasteiger partial charge in [0.05, 0.1) is 0 Å². The van der Waals surface area contributed by atoms with Crippen molar-refractivity contribution in [2.45, 2.75) is 22.9 Å². The Labute approximate surface area is 112 Å². The van der Waals surface area contributed by atoms with Crippen molar-refractivity contribution >= 4 is 34.7 Å². The van der Waals surface area contributed by atoms with Gasteiger partial charge in [0.1, 0.15) is 22.3 Å². The van der Waals surface area contributed by atoms with Gasteiger partial charge in [-0.15, -0.1) is 10.2 Å². The van der Waals surface area contributed by atoms with E-state index in [1.165, 1.54) is 23.1 Å². The van der Waals surface area contributed by atoms with Crippen molar-refractivity contribution < 1.29 is 4.74 Å². The van der Waals surface area contributed by atoms with Gasteiger partial charge >= 0.3 is 0 Å². The van der Waals surface area contributed by atoms with Crippen LogP contribution in [-0.2, 0) is 11.3 Å². The fourth-order valence-corrected chi connectivity index (χ4v) is 2.76. The third kappa shape index (κ3) is 3.88. The third-order valence-electron chi connectivity index (χ3n) is 1.68. The molecule has 17 heavy (non-hydrogen) atoms. The molecule has 0 aliphatic rings. The maximum atomic E-state index is 5.92. The molecule has 0 atom stereocenters. The molecule has 2 aromatic heterocycles. The molecule has 0 unspecified atom stereocenters. The molecule has 2 rings (SSSR count). The zero-order chi connectivity index (χ0) is 12.1. The number of hydrogen-bond acceptors (Lipinski definition) is 7. The largest absolute Gasteiger partial charge is 0.374 e. The number of nitrogens with zero attached hydrogens (tertiary/aromatic N) is 4. The van der Waals surface area contributed by atoms with E-state index in [0.717, 1.165) is 9.37 Å². The van der Waals surface area contributed by atoms with Gasteiger partial charge in [-0.1, -0.05) is 22.9 Å². The summed E-state index contributed by atoms with van der Waals surface area (Å²) in [6.07, 6.45) is 0. The minimum absolute atomic E-state index is 0.362. The lowest BCUT2D eigenvalue weighted by Crippen LogP contribution is -2.00. The molecule has 0 radical (unpaired) electrons. The van der Waals surface area contributed by atoms with Gasteiger partial charge in [0.25, 0.3) is 0 Å². The zero-order valence-electron chi connectivity index (χ0n) is 8.96. The van der Waals surface area contributed by atoms with Crippen LogP contribution in [-0.4, -0.2) is 26.8 Å². The van der Waals surface area contributed by atoms with Crippen LogP contribution in [0.15, 0.2) is 20.9 Å². The molecule has 0 amide bonds. The average Bonchev–Trinajstić information content (AvgIpc) is 2.78. The van der Waals surface area contributed by atoms with Crippen molar-refractivity contribution in [2.75, 3.05) is 6.61 Å². The molecule has 0 aliphatic carbocycles. The van der Waals surface area contributed by atoms with E-state index in [9.17, 15) is 0 Å². The Balaban J connectivity index is 2.13. The van der Waals surface area contributed by atoms with Gasteiger partial charge in [-0.3, -0.25) is 0 Å². The molecule has 0 N–H and O–H groups in total. The summed E-state index contributed by atoms with van der Waals surface area (Å²) in [6.45, 7) is 2.90. The summed E-state index contributed by atoms with van der Waals surface area (Å²) in [5, 5.41) is 8.84. The summed E-state index contributed by atoms with van der Waals surface area (Å²) in [5.74, 6) is 0.575. The van der Waals surface area contributed by atoms with Crippen molar-refractivity contribution in [3.8, 4) is 0 Å². The normalized spacial score (nSPS) is 10.7. The first-order chi connectivity index (χ1) is 8.28. The van der Waals surface area contributed by atoms with E-state index in [1.54, 1.807) is 11.6 Å². The molecule has 0 spiro atoms. The number of halogens is 1. The Kier molecular flexibility index (Phi) is 4.66. The highest BCUT2D eigenvalue weighted by molar-refractivity contribution is 8.00. The van der Waals surface area contributed by atoms with E-state index in [-0.39, 0.29) is 0 Å². The highest BCUT2D eigenvalue weighted by Crippen LogP contribution is 2.28. The molecule has 0 fully saturated rings. The van der Waals surface area contributed by atoms with Crippen molar-refractivity contribution in [1.82, 2.24) is 20.2 Å². The lowest BCUT2D eigenvalue weighted by atomic mass is 10.6. The Bertz CT molecular complexity index is 480. The molecular formula is C9H9ClN4OS2. The molecule has 5 nitrogen and oxygen atoms in total. The van der Waals surface area contributed by atoms with E-state index in [2.05, 4.69) is 20.2 Å². The third-order valence-corrected chi connectivity index (χ3v) is 3.57. The number of ether oxygens (including phenoxy) is 1. The number of hydrogen-bond donors (Lipinski definition) is 0. The maximum absolute atomic E-state index is 5.92. The molecule has 0 aromatic carbocycles. The summed E-state index contributed by atoms with van der Waals surface area (Å²) in [6, 6.07) is 1.70. The lowest BCUT2D eigenvalue weighted by molar-refractivity contribution is 0.128. The van der Waals surface area contributed by atoms with Gasteiger partial charge in [0.15, 0.2) is 10.2 Å². The van der Waals surface area contributed by atoms with Crippen LogP contribution < -0.4 is 0 Å². The quantitative estimate of drug-likeness (QED) is 0.788. The monoisotopic (exact) mass is 288 g/mol. The van der Waals surface area contributed by atoms with E-state index < -0.39 is 0 Å². The van der Waals surface area contributed by atoms with Crippen LogP contribution in [0.5, 0.6) is 0 Å². The second kappa shape index (κ2) is 6.25. The smallest absolute Gasteiger partial charge is 0.180 e. The molecule has 0 aliphatic heterocycles. The van der Waals surface area contributed by atoms with E-state index in [1.807, 2.05) is 6.92 Å². The molecule has 0 saturated heterocycles. The Morgan fingerprint density at radius 1 is 1.47 bits per heavy atom. The maximum Gasteiger partial charge on any atom is 0.180 e. The van der Waals surface area contributed by atoms with Crippen LogP contribution in [0, 0.1) is 0 Å². The van der Waals surface area contributed by atoms with Gasteiger partial charge in [-0.2, -0.15) is 0 Å². The highest BCUT2D eigenvalue weighted by Gasteiger charge is 2.07. The first-order valence-electron chi connectivity index (χ1n) is 4.83. The first kappa shape index (κ1) is 12.7. The molecular weight excluding hydrogens is 280 g/mol. The van der Waals surface area contributed by atoms with Crippen LogP contribution >= 0.6 is 34.7 Å². The van der Waals surface area contributed by atoms with Crippen molar-refractivity contribution in [3.63, 3.8) is 0 Å². The number of aromatic nitrogens is 4. The lowest BCUT2D eigenvalue weighted by Gasteiger charge is -2.03. The molecule has 8 heteroatoms. The van der Waals surface area contributed by atoms with Gasteiger partial charge in [0, 0.05) is 12.7 Å². The zero-order valence-corrected chi connectivity index (χ0v) is 11.3. The first-order valence-corrected chi connectivity index (χ1v) is 6.90. The Morgan fingerprint density at radius 2 is 2.35 bits per heavy atom. The number of rotatable bonds is 5. The fourth-order valence-electron chi connectivity index (χ4n) is 1.05. The van der Waals surface area contributed by atoms with E-state index >= 15 is 0 Å². The minimum atomic E-state index is 0.362. The van der Waals surface area contributed by atoms with Crippen LogP contribution in [0.3, 0.4) is 0 Å². The average molecular weight is 289 g/mol. The van der Waals surface area contributed by atoms with Gasteiger partial charge in [-0.05, 0) is 18.7 Å². The molecule has 90 valence electrons. The fraction of sp³-hybridized carbons (Fsp3) is 0.333. The van der Waals surface area contributed by atoms with Gasteiger partial charge in [-0.25, -0.2) is 9.97 Å². The van der Waals surface area contributed by atoms with Crippen LogP contribution in [0.2, 0.25) is 5.15 Å². The second-order valence-corrected chi connectivity index (χ2v) is 5.38. The summed E-state index contributed by atoms with van der Waals surface area (Å²) in [5.41, 5.74) is 1.67. The van der Waals surface area contributed by atoms with Gasteiger partial charge < -0.3 is 4.74 Å². The molecule has 2 aromatic rings. The Hall–Kier alpha value is -0.760. The van der Waals surface area contributed by atoms with Crippen molar-refractivity contribution in [3.05, 3.63) is 22.6 Å². The summed E-state index contributed by atoms with van der Waals surface area (Å²) >= 11 is 8.78. The summed E-state index contributed by atoms with van der Waals surface area (Å²) in [4.78, 5) is 8.41. The predicted molar refractivity (Wildman–Crippen MR) is 66.4 cm³/mol. The standard InChI is InChI=1S/C9H9ClN4OS2/c1-2-15-4-7-12-6(10)3-8(13-7)17-9-14-11-5-16-9/h3,5H,2,4H2,1H3.